The average molecular weight is 406 g/mol. The molecule has 0 bridgehead atoms. The molecule has 0 radical (unpaired) electrons. The van der Waals surface area contributed by atoms with E-state index < -0.39 is 0 Å². The Morgan fingerprint density at radius 3 is 2.47 bits per heavy atom. The van der Waals surface area contributed by atoms with Gasteiger partial charge >= 0.3 is 0 Å². The molecular weight excluding hydrogens is 396 g/mol. The van der Waals surface area contributed by atoms with Gasteiger partial charge in [-0.05, 0) is 41.8 Å². The number of hydrogen-bond donors (Lipinski definition) is 0. The van der Waals surface area contributed by atoms with Crippen LogP contribution >= 0.6 is 45.8 Å². The summed E-state index contributed by atoms with van der Waals surface area (Å²) >= 11 is 13.8. The fraction of sp³-hybridized carbons (Fsp3) is 0.154. The third-order valence-corrected chi connectivity index (χ3v) is 3.30. The molecule has 1 aromatic rings. The number of allylic oxidation sites excluding steroid dienone is 7. The van der Waals surface area contributed by atoms with Crippen molar-refractivity contribution in [3.05, 3.63) is 58.4 Å². The second kappa shape index (κ2) is 6.15. The van der Waals surface area contributed by atoms with Crippen molar-refractivity contribution >= 4 is 51.9 Å². The van der Waals surface area contributed by atoms with E-state index in [0.29, 0.717) is 5.82 Å². The third kappa shape index (κ3) is 4.71. The smallest absolute Gasteiger partial charge is 0.198 e. The molecule has 1 aliphatic carbocycles. The van der Waals surface area contributed by atoms with Crippen molar-refractivity contribution in [3.63, 3.8) is 0 Å². The number of rotatable bonds is 2. The van der Waals surface area contributed by atoms with Gasteiger partial charge in [0.25, 0.3) is 0 Å². The predicted octanol–water partition coefficient (Wildman–Crippen LogP) is 4.44. The lowest BCUT2D eigenvalue weighted by Crippen LogP contribution is -2.06. The Hall–Kier alpha value is -0.720. The van der Waals surface area contributed by atoms with Crippen molar-refractivity contribution in [1.82, 2.24) is 15.0 Å². The average Bonchev–Trinajstić information content (AvgIpc) is 2.46. The Morgan fingerprint density at radius 1 is 1.11 bits per heavy atom. The van der Waals surface area contributed by atoms with Gasteiger partial charge in [-0.2, -0.15) is 15.0 Å². The van der Waals surface area contributed by atoms with Crippen molar-refractivity contribution in [2.24, 2.45) is 0 Å². The maximum Gasteiger partial charge on any atom is 0.227 e. The first kappa shape index (κ1) is 14.7. The highest BCUT2D eigenvalue weighted by molar-refractivity contribution is 14.1. The normalized spacial score (nSPS) is 22.6. The zero-order valence-electron chi connectivity index (χ0n) is 10.0. The maximum absolute atomic E-state index is 5.72. The molecular formula is C13H10Cl2IN3. The van der Waals surface area contributed by atoms with E-state index >= 15 is 0 Å². The first-order valence-corrected chi connectivity index (χ1v) is 7.31. The largest absolute Gasteiger partial charge is 0.227 e. The van der Waals surface area contributed by atoms with Crippen molar-refractivity contribution < 1.29 is 0 Å². The van der Waals surface area contributed by atoms with Gasteiger partial charge in [-0.3, -0.25) is 0 Å². The fourth-order valence-corrected chi connectivity index (χ4v) is 2.47. The van der Waals surface area contributed by atoms with Crippen molar-refractivity contribution in [3.8, 4) is 0 Å². The standard InChI is InChI=1S/C13H10Cl2IN3/c1-13(16)7-3-2-4-9(8-13)5-6-10-17-11(14)19-12(15)18-10/h2-8H,1H3/b6-5+. The monoisotopic (exact) mass is 405 g/mol. The highest BCUT2D eigenvalue weighted by Crippen LogP contribution is 2.26. The van der Waals surface area contributed by atoms with Crippen LogP contribution in [0.4, 0.5) is 0 Å². The van der Waals surface area contributed by atoms with Crippen molar-refractivity contribution in [2.45, 2.75) is 10.3 Å². The van der Waals surface area contributed by atoms with E-state index in [-0.39, 0.29) is 14.0 Å². The summed E-state index contributed by atoms with van der Waals surface area (Å²) < 4.78 is -0.0185. The van der Waals surface area contributed by atoms with E-state index in [1.165, 1.54) is 0 Å². The highest BCUT2D eigenvalue weighted by Gasteiger charge is 2.13. The number of alkyl halides is 1. The van der Waals surface area contributed by atoms with Gasteiger partial charge in [0, 0.05) is 0 Å². The first-order chi connectivity index (χ1) is 8.94. The van der Waals surface area contributed by atoms with Crippen LogP contribution < -0.4 is 0 Å². The van der Waals surface area contributed by atoms with E-state index in [1.807, 2.05) is 24.3 Å². The Bertz CT molecular complexity index is 584. The van der Waals surface area contributed by atoms with E-state index in [9.17, 15) is 0 Å². The summed E-state index contributed by atoms with van der Waals surface area (Å²) in [4.78, 5) is 11.7. The lowest BCUT2D eigenvalue weighted by molar-refractivity contribution is 1.03. The minimum Gasteiger partial charge on any atom is -0.198 e. The molecule has 3 nitrogen and oxygen atoms in total. The molecule has 0 fully saturated rings. The molecule has 0 spiro atoms. The summed E-state index contributed by atoms with van der Waals surface area (Å²) in [5.41, 5.74) is 1.06. The second-order valence-electron chi connectivity index (χ2n) is 4.08. The third-order valence-electron chi connectivity index (χ3n) is 2.29. The molecule has 0 aromatic carbocycles. The summed E-state index contributed by atoms with van der Waals surface area (Å²) in [6.45, 7) is 2.13. The van der Waals surface area contributed by atoms with Crippen LogP contribution in [-0.2, 0) is 0 Å². The summed E-state index contributed by atoms with van der Waals surface area (Å²) in [5, 5.41) is 0.177. The van der Waals surface area contributed by atoms with E-state index in [2.05, 4.69) is 56.6 Å². The Kier molecular flexibility index (Phi) is 4.76. The van der Waals surface area contributed by atoms with Gasteiger partial charge in [0.15, 0.2) is 5.82 Å². The van der Waals surface area contributed by atoms with Gasteiger partial charge in [-0.1, -0.05) is 59.0 Å². The van der Waals surface area contributed by atoms with Gasteiger partial charge in [0.1, 0.15) is 0 Å². The van der Waals surface area contributed by atoms with Crippen LogP contribution in [0.15, 0.2) is 42.0 Å². The molecule has 1 aromatic heterocycles. The molecule has 98 valence electrons. The minimum absolute atomic E-state index is 0.0185. The molecule has 1 atom stereocenters. The second-order valence-corrected chi connectivity index (χ2v) is 7.08. The molecule has 0 saturated heterocycles. The van der Waals surface area contributed by atoms with Gasteiger partial charge in [0.2, 0.25) is 10.6 Å². The molecule has 1 heterocycles. The van der Waals surface area contributed by atoms with Crippen LogP contribution in [0.2, 0.25) is 10.6 Å². The van der Waals surface area contributed by atoms with Crippen molar-refractivity contribution in [1.29, 1.82) is 0 Å². The van der Waals surface area contributed by atoms with Crippen LogP contribution in [0.25, 0.3) is 6.08 Å². The van der Waals surface area contributed by atoms with Crippen LogP contribution in [-0.4, -0.2) is 18.4 Å². The molecule has 2 rings (SSSR count). The lowest BCUT2D eigenvalue weighted by atomic mass is 10.1. The van der Waals surface area contributed by atoms with E-state index in [4.69, 9.17) is 23.2 Å². The topological polar surface area (TPSA) is 38.7 Å². The van der Waals surface area contributed by atoms with Gasteiger partial charge < -0.3 is 0 Å². The van der Waals surface area contributed by atoms with Crippen LogP contribution in [0.3, 0.4) is 0 Å². The van der Waals surface area contributed by atoms with Gasteiger partial charge in [-0.25, -0.2) is 0 Å². The van der Waals surface area contributed by atoms with E-state index in [1.54, 1.807) is 6.08 Å². The first-order valence-electron chi connectivity index (χ1n) is 5.47. The molecule has 0 N–H and O–H groups in total. The quantitative estimate of drug-likeness (QED) is 0.539. The Balaban J connectivity index is 2.25. The molecule has 0 aliphatic heterocycles. The van der Waals surface area contributed by atoms with Crippen LogP contribution in [0.5, 0.6) is 0 Å². The number of aromatic nitrogens is 3. The molecule has 1 unspecified atom stereocenters. The Morgan fingerprint density at radius 2 is 1.79 bits per heavy atom. The SMILES string of the molecule is CC1(I)C=CC=CC(/C=C/c2nc(Cl)nc(Cl)n2)=C1. The van der Waals surface area contributed by atoms with Gasteiger partial charge in [0.05, 0.1) is 3.42 Å². The molecule has 0 saturated carbocycles. The van der Waals surface area contributed by atoms with Crippen molar-refractivity contribution in [2.75, 3.05) is 0 Å². The minimum atomic E-state index is -0.0185. The van der Waals surface area contributed by atoms with Crippen LogP contribution in [0.1, 0.15) is 12.7 Å². The fourth-order valence-electron chi connectivity index (χ4n) is 1.52. The number of halogens is 3. The zero-order valence-corrected chi connectivity index (χ0v) is 13.7. The molecule has 6 heteroatoms. The zero-order chi connectivity index (χ0) is 13.9. The summed E-state index contributed by atoms with van der Waals surface area (Å²) in [6, 6.07) is 0. The number of hydrogen-bond acceptors (Lipinski definition) is 3. The number of nitrogens with zero attached hydrogens (tertiary/aromatic N) is 3. The molecule has 1 aliphatic rings. The van der Waals surface area contributed by atoms with Gasteiger partial charge in [-0.15, -0.1) is 0 Å². The highest BCUT2D eigenvalue weighted by atomic mass is 127. The van der Waals surface area contributed by atoms with Crippen LogP contribution in [0, 0.1) is 0 Å². The molecule has 19 heavy (non-hydrogen) atoms. The maximum atomic E-state index is 5.72. The summed E-state index contributed by atoms with van der Waals surface area (Å²) in [6.07, 6.45) is 14.0. The predicted molar refractivity (Wildman–Crippen MR) is 87.7 cm³/mol. The van der Waals surface area contributed by atoms with E-state index in [0.717, 1.165) is 5.57 Å². The Labute approximate surface area is 135 Å². The summed E-state index contributed by atoms with van der Waals surface area (Å²) in [5.74, 6) is 0.437. The lowest BCUT2D eigenvalue weighted by Gasteiger charge is -2.11. The molecule has 0 amide bonds. The summed E-state index contributed by atoms with van der Waals surface area (Å²) in [7, 11) is 0.